The highest BCUT2D eigenvalue weighted by Gasteiger charge is 2.35. The largest absolute Gasteiger partial charge is 0.480 e. The van der Waals surface area contributed by atoms with Gasteiger partial charge in [0.25, 0.3) is 0 Å². The number of urea groups is 1. The number of hydrogen-bond acceptors (Lipinski definition) is 5. The van der Waals surface area contributed by atoms with Crippen LogP contribution in [-0.4, -0.2) is 52.2 Å². The molecule has 3 amide bonds. The van der Waals surface area contributed by atoms with E-state index >= 15 is 0 Å². The summed E-state index contributed by atoms with van der Waals surface area (Å²) in [4.78, 5) is 35.6. The Morgan fingerprint density at radius 1 is 1.52 bits per heavy atom. The summed E-state index contributed by atoms with van der Waals surface area (Å²) in [6.45, 7) is 3.23. The van der Waals surface area contributed by atoms with Crippen molar-refractivity contribution >= 4 is 17.9 Å². The zero-order chi connectivity index (χ0) is 15.6. The number of aryl methyl sites for hydroxylation is 2. The van der Waals surface area contributed by atoms with Crippen molar-refractivity contribution < 1.29 is 24.0 Å². The van der Waals surface area contributed by atoms with Crippen LogP contribution < -0.4 is 10.6 Å². The first-order chi connectivity index (χ1) is 9.90. The summed E-state index contributed by atoms with van der Waals surface area (Å²) < 4.78 is 4.98. The average Bonchev–Trinajstić information content (AvgIpc) is 2.75. The monoisotopic (exact) mass is 296 g/mol. The summed E-state index contributed by atoms with van der Waals surface area (Å²) in [6.07, 6.45) is 0. The van der Waals surface area contributed by atoms with Crippen LogP contribution in [0.2, 0.25) is 0 Å². The molecule has 1 aromatic rings. The molecule has 9 heteroatoms. The van der Waals surface area contributed by atoms with Crippen LogP contribution in [-0.2, 0) is 16.1 Å². The molecule has 9 nitrogen and oxygen atoms in total. The number of hydrogen-bond donors (Lipinski definition) is 3. The Balaban J connectivity index is 2.04. The minimum absolute atomic E-state index is 0.104. The van der Waals surface area contributed by atoms with Crippen LogP contribution in [0.25, 0.3) is 0 Å². The van der Waals surface area contributed by atoms with E-state index in [1.165, 1.54) is 0 Å². The van der Waals surface area contributed by atoms with Crippen LogP contribution in [0.4, 0.5) is 4.79 Å². The molecule has 0 bridgehead atoms. The quantitative estimate of drug-likeness (QED) is 0.683. The standard InChI is InChI=1S/C12H16N4O5/c1-6-8(7(2)21-15-6)3-14-12(20)16-5-10(17)13-4-9(16)11(18)19/h9H,3-5H2,1-2H3,(H,13,17)(H,14,20)(H,18,19). The molecule has 1 aliphatic heterocycles. The van der Waals surface area contributed by atoms with Gasteiger partial charge in [-0.15, -0.1) is 0 Å². The van der Waals surface area contributed by atoms with Crippen LogP contribution in [0.3, 0.4) is 0 Å². The fraction of sp³-hybridized carbons (Fsp3) is 0.500. The normalized spacial score (nSPS) is 18.3. The third kappa shape index (κ3) is 3.12. The maximum Gasteiger partial charge on any atom is 0.328 e. The molecule has 1 saturated heterocycles. The number of aromatic nitrogens is 1. The fourth-order valence-corrected chi connectivity index (χ4v) is 2.10. The van der Waals surface area contributed by atoms with Gasteiger partial charge in [0, 0.05) is 18.7 Å². The Morgan fingerprint density at radius 3 is 2.81 bits per heavy atom. The number of piperazine rings is 1. The second-order valence-corrected chi connectivity index (χ2v) is 4.75. The molecule has 2 rings (SSSR count). The lowest BCUT2D eigenvalue weighted by Gasteiger charge is -2.32. The number of carbonyl (C=O) groups excluding carboxylic acids is 2. The molecule has 0 radical (unpaired) electrons. The minimum atomic E-state index is -1.16. The van der Waals surface area contributed by atoms with Crippen LogP contribution in [0.5, 0.6) is 0 Å². The minimum Gasteiger partial charge on any atom is -0.480 e. The SMILES string of the molecule is Cc1noc(C)c1CNC(=O)N1CC(=O)NCC1C(=O)O. The van der Waals surface area contributed by atoms with Gasteiger partial charge < -0.3 is 20.3 Å². The highest BCUT2D eigenvalue weighted by Crippen LogP contribution is 2.12. The van der Waals surface area contributed by atoms with Crippen LogP contribution >= 0.6 is 0 Å². The molecule has 1 fully saturated rings. The van der Waals surface area contributed by atoms with Crippen LogP contribution in [0, 0.1) is 13.8 Å². The van der Waals surface area contributed by atoms with Gasteiger partial charge in [0.1, 0.15) is 18.3 Å². The van der Waals surface area contributed by atoms with Crippen molar-refractivity contribution in [2.24, 2.45) is 0 Å². The van der Waals surface area contributed by atoms with Gasteiger partial charge in [-0.2, -0.15) is 0 Å². The summed E-state index contributed by atoms with van der Waals surface area (Å²) in [5.74, 6) is -0.971. The molecule has 2 heterocycles. The summed E-state index contributed by atoms with van der Waals surface area (Å²) in [5.41, 5.74) is 1.38. The van der Waals surface area contributed by atoms with E-state index in [4.69, 9.17) is 9.63 Å². The number of amides is 3. The van der Waals surface area contributed by atoms with E-state index in [2.05, 4.69) is 15.8 Å². The number of carboxylic acid groups (broad SMARTS) is 1. The van der Waals surface area contributed by atoms with Gasteiger partial charge in [0.2, 0.25) is 5.91 Å². The molecule has 0 spiro atoms. The number of carboxylic acids is 1. The van der Waals surface area contributed by atoms with Crippen molar-refractivity contribution in [2.75, 3.05) is 13.1 Å². The first kappa shape index (κ1) is 14.8. The molecule has 1 aromatic heterocycles. The molecule has 1 aliphatic rings. The first-order valence-corrected chi connectivity index (χ1v) is 6.36. The predicted molar refractivity (Wildman–Crippen MR) is 69.4 cm³/mol. The maximum absolute atomic E-state index is 12.1. The third-order valence-electron chi connectivity index (χ3n) is 3.33. The van der Waals surface area contributed by atoms with Gasteiger partial charge in [-0.3, -0.25) is 9.69 Å². The van der Waals surface area contributed by atoms with Crippen LogP contribution in [0.1, 0.15) is 17.0 Å². The van der Waals surface area contributed by atoms with E-state index in [1.54, 1.807) is 13.8 Å². The van der Waals surface area contributed by atoms with Gasteiger partial charge in [-0.25, -0.2) is 9.59 Å². The van der Waals surface area contributed by atoms with E-state index in [-0.39, 0.29) is 25.5 Å². The molecule has 3 N–H and O–H groups in total. The summed E-state index contributed by atoms with van der Waals surface area (Å²) in [6, 6.07) is -1.69. The zero-order valence-electron chi connectivity index (χ0n) is 11.7. The third-order valence-corrected chi connectivity index (χ3v) is 3.33. The van der Waals surface area contributed by atoms with Crippen molar-refractivity contribution in [1.29, 1.82) is 0 Å². The second-order valence-electron chi connectivity index (χ2n) is 4.75. The van der Waals surface area contributed by atoms with Crippen molar-refractivity contribution in [3.63, 3.8) is 0 Å². The van der Waals surface area contributed by atoms with Crippen molar-refractivity contribution in [3.05, 3.63) is 17.0 Å². The summed E-state index contributed by atoms with van der Waals surface area (Å²) in [7, 11) is 0. The Morgan fingerprint density at radius 2 is 2.24 bits per heavy atom. The average molecular weight is 296 g/mol. The number of nitrogens with one attached hydrogen (secondary N) is 2. The predicted octanol–water partition coefficient (Wildman–Crippen LogP) is -0.614. The number of nitrogens with zero attached hydrogens (tertiary/aromatic N) is 2. The van der Waals surface area contributed by atoms with Gasteiger partial charge in [0.15, 0.2) is 0 Å². The van der Waals surface area contributed by atoms with Gasteiger partial charge in [-0.05, 0) is 13.8 Å². The van der Waals surface area contributed by atoms with Gasteiger partial charge >= 0.3 is 12.0 Å². The molecule has 21 heavy (non-hydrogen) atoms. The highest BCUT2D eigenvalue weighted by molar-refractivity contribution is 5.90. The van der Waals surface area contributed by atoms with Gasteiger partial charge in [-0.1, -0.05) is 5.16 Å². The Hall–Kier alpha value is -2.58. The number of rotatable bonds is 3. The molecular weight excluding hydrogens is 280 g/mol. The van der Waals surface area contributed by atoms with E-state index in [1.807, 2.05) is 0 Å². The summed E-state index contributed by atoms with van der Waals surface area (Å²) >= 11 is 0. The Labute approximate surface area is 120 Å². The zero-order valence-corrected chi connectivity index (χ0v) is 11.7. The molecule has 0 aromatic carbocycles. The fourth-order valence-electron chi connectivity index (χ4n) is 2.10. The van der Waals surface area contributed by atoms with E-state index in [9.17, 15) is 14.4 Å². The molecule has 1 atom stereocenters. The molecular formula is C12H16N4O5. The lowest BCUT2D eigenvalue weighted by molar-refractivity contribution is -0.144. The molecule has 114 valence electrons. The molecule has 0 aliphatic carbocycles. The van der Waals surface area contributed by atoms with Crippen LogP contribution in [0.15, 0.2) is 4.52 Å². The van der Waals surface area contributed by atoms with E-state index in [0.29, 0.717) is 11.5 Å². The maximum atomic E-state index is 12.1. The second kappa shape index (κ2) is 5.81. The van der Waals surface area contributed by atoms with Crippen molar-refractivity contribution in [1.82, 2.24) is 20.7 Å². The smallest absolute Gasteiger partial charge is 0.328 e. The van der Waals surface area contributed by atoms with E-state index in [0.717, 1.165) is 10.5 Å². The number of aliphatic carboxylic acids is 1. The molecule has 0 saturated carbocycles. The highest BCUT2D eigenvalue weighted by atomic mass is 16.5. The lowest BCUT2D eigenvalue weighted by atomic mass is 10.2. The topological polar surface area (TPSA) is 125 Å². The van der Waals surface area contributed by atoms with Gasteiger partial charge in [0.05, 0.1) is 5.69 Å². The van der Waals surface area contributed by atoms with E-state index < -0.39 is 18.0 Å². The Bertz CT molecular complexity index is 563. The summed E-state index contributed by atoms with van der Waals surface area (Å²) in [5, 5.41) is 17.9. The first-order valence-electron chi connectivity index (χ1n) is 6.36. The lowest BCUT2D eigenvalue weighted by Crippen LogP contribution is -2.61. The Kier molecular flexibility index (Phi) is 4.10. The van der Waals surface area contributed by atoms with Crippen molar-refractivity contribution in [3.8, 4) is 0 Å². The molecule has 1 unspecified atom stereocenters. The number of carbonyl (C=O) groups is 3. The van der Waals surface area contributed by atoms with Crippen molar-refractivity contribution in [2.45, 2.75) is 26.4 Å².